The molecule has 96 valence electrons. The second kappa shape index (κ2) is 6.22. The Morgan fingerprint density at radius 1 is 1.24 bits per heavy atom. The normalized spacial score (nSPS) is 10.3. The summed E-state index contributed by atoms with van der Waals surface area (Å²) in [6.07, 6.45) is -4.86. The summed E-state index contributed by atoms with van der Waals surface area (Å²) in [6, 6.07) is 2.26. The summed E-state index contributed by atoms with van der Waals surface area (Å²) < 4.78 is 51.7. The summed E-state index contributed by atoms with van der Waals surface area (Å²) >= 11 is 0. The van der Waals surface area contributed by atoms with E-state index < -0.39 is 29.3 Å². The topological polar surface area (TPSA) is 26.3 Å². The van der Waals surface area contributed by atoms with E-state index in [-0.39, 0.29) is 0 Å². The first-order valence-electron chi connectivity index (χ1n) is 4.86. The summed E-state index contributed by atoms with van der Waals surface area (Å²) in [5.74, 6) is -2.16. The molecule has 0 saturated carbocycles. The molecule has 1 aromatic rings. The van der Waals surface area contributed by atoms with Gasteiger partial charge in [-0.1, -0.05) is 13.8 Å². The minimum absolute atomic E-state index is 0.434. The number of carbonyl (C=O) groups excluding carboxylic acids is 1. The van der Waals surface area contributed by atoms with Crippen LogP contribution in [0.25, 0.3) is 0 Å². The highest BCUT2D eigenvalue weighted by Crippen LogP contribution is 2.24. The van der Waals surface area contributed by atoms with E-state index >= 15 is 0 Å². The average molecular weight is 252 g/mol. The molecule has 0 spiro atoms. The molecule has 1 aromatic carbocycles. The number of rotatable bonds is 2. The fraction of sp³-hybridized carbons (Fsp3) is 0.364. The van der Waals surface area contributed by atoms with Crippen LogP contribution in [0.1, 0.15) is 31.1 Å². The number of ether oxygens (including phenoxy) is 1. The third kappa shape index (κ3) is 5.33. The smallest absolute Gasteiger partial charge is 0.406 e. The molecular formula is C11H12F4O2. The maximum Gasteiger partial charge on any atom is 0.573 e. The van der Waals surface area contributed by atoms with Crippen LogP contribution in [0, 0.1) is 5.82 Å². The van der Waals surface area contributed by atoms with Crippen LogP contribution in [-0.2, 0) is 0 Å². The Morgan fingerprint density at radius 2 is 1.76 bits per heavy atom. The third-order valence-electron chi connectivity index (χ3n) is 1.55. The van der Waals surface area contributed by atoms with Crippen molar-refractivity contribution < 1.29 is 27.1 Å². The van der Waals surface area contributed by atoms with Crippen molar-refractivity contribution in [2.45, 2.75) is 27.1 Å². The number of carbonyl (C=O) groups is 1. The number of halogens is 4. The Kier molecular flexibility index (Phi) is 5.64. The minimum atomic E-state index is -4.86. The Morgan fingerprint density at radius 3 is 2.18 bits per heavy atom. The first kappa shape index (κ1) is 15.4. The molecule has 0 atom stereocenters. The first-order chi connectivity index (χ1) is 7.79. The van der Waals surface area contributed by atoms with Crippen molar-refractivity contribution in [2.24, 2.45) is 0 Å². The van der Waals surface area contributed by atoms with E-state index in [1.165, 1.54) is 0 Å². The Balaban J connectivity index is 0.00000121. The molecule has 0 aliphatic carbocycles. The molecule has 0 aliphatic rings. The predicted octanol–water partition coefficient (Wildman–Crippen LogP) is 3.95. The summed E-state index contributed by atoms with van der Waals surface area (Å²) in [5, 5.41) is 0. The average Bonchev–Trinajstić information content (AvgIpc) is 2.21. The molecule has 17 heavy (non-hydrogen) atoms. The SMILES string of the molecule is CC.CC(=O)c1cc(OC(F)(F)F)ccc1F. The van der Waals surface area contributed by atoms with Crippen LogP contribution in [0.3, 0.4) is 0 Å². The van der Waals surface area contributed by atoms with Crippen LogP contribution in [-0.4, -0.2) is 12.1 Å². The molecule has 2 nitrogen and oxygen atoms in total. The predicted molar refractivity (Wildman–Crippen MR) is 54.4 cm³/mol. The maximum atomic E-state index is 12.9. The monoisotopic (exact) mass is 252 g/mol. The van der Waals surface area contributed by atoms with Gasteiger partial charge in [-0.2, -0.15) is 0 Å². The van der Waals surface area contributed by atoms with E-state index in [0.717, 1.165) is 19.1 Å². The van der Waals surface area contributed by atoms with Crippen LogP contribution < -0.4 is 4.74 Å². The molecule has 0 unspecified atom stereocenters. The molecule has 0 heterocycles. The Bertz CT molecular complexity index is 386. The highest BCUT2D eigenvalue weighted by Gasteiger charge is 2.31. The zero-order chi connectivity index (χ0) is 13.6. The second-order valence-electron chi connectivity index (χ2n) is 2.75. The number of benzene rings is 1. The molecule has 0 aromatic heterocycles. The van der Waals surface area contributed by atoms with Crippen molar-refractivity contribution in [3.8, 4) is 5.75 Å². The van der Waals surface area contributed by atoms with Crippen molar-refractivity contribution in [2.75, 3.05) is 0 Å². The standard InChI is InChI=1S/C9H6F4O2.C2H6/c1-5(14)7-4-6(2-3-8(7)10)15-9(11,12)13;1-2/h2-4H,1H3;1-2H3. The second-order valence-corrected chi connectivity index (χ2v) is 2.75. The van der Waals surface area contributed by atoms with Crippen LogP contribution in [0.4, 0.5) is 17.6 Å². The van der Waals surface area contributed by atoms with Gasteiger partial charge in [0.2, 0.25) is 0 Å². The molecule has 0 N–H and O–H groups in total. The number of hydrogen-bond acceptors (Lipinski definition) is 2. The number of ketones is 1. The maximum absolute atomic E-state index is 12.9. The van der Waals surface area contributed by atoms with Crippen molar-refractivity contribution >= 4 is 5.78 Å². The van der Waals surface area contributed by atoms with Crippen molar-refractivity contribution in [1.29, 1.82) is 0 Å². The number of alkyl halides is 3. The molecule has 0 amide bonds. The van der Waals surface area contributed by atoms with Gasteiger partial charge >= 0.3 is 6.36 Å². The zero-order valence-electron chi connectivity index (χ0n) is 9.56. The van der Waals surface area contributed by atoms with Crippen LogP contribution in [0.5, 0.6) is 5.75 Å². The lowest BCUT2D eigenvalue weighted by molar-refractivity contribution is -0.274. The summed E-state index contributed by atoms with van der Waals surface area (Å²) in [5.41, 5.74) is -0.434. The fourth-order valence-corrected chi connectivity index (χ4v) is 0.971. The molecule has 0 radical (unpaired) electrons. The van der Waals surface area contributed by atoms with Gasteiger partial charge in [0.15, 0.2) is 5.78 Å². The largest absolute Gasteiger partial charge is 0.573 e. The molecule has 0 saturated heterocycles. The first-order valence-corrected chi connectivity index (χ1v) is 4.86. The molecule has 6 heteroatoms. The van der Waals surface area contributed by atoms with E-state index in [9.17, 15) is 22.4 Å². The molecule has 0 aliphatic heterocycles. The molecular weight excluding hydrogens is 240 g/mol. The third-order valence-corrected chi connectivity index (χ3v) is 1.55. The lowest BCUT2D eigenvalue weighted by Gasteiger charge is -2.09. The summed E-state index contributed by atoms with van der Waals surface area (Å²) in [4.78, 5) is 10.8. The lowest BCUT2D eigenvalue weighted by atomic mass is 10.1. The van der Waals surface area contributed by atoms with E-state index in [1.54, 1.807) is 0 Å². The van der Waals surface area contributed by atoms with E-state index in [1.807, 2.05) is 13.8 Å². The van der Waals surface area contributed by atoms with Gasteiger partial charge in [-0.25, -0.2) is 4.39 Å². The van der Waals surface area contributed by atoms with Gasteiger partial charge in [-0.3, -0.25) is 4.79 Å². The Labute approximate surface area is 96.2 Å². The fourth-order valence-electron chi connectivity index (χ4n) is 0.971. The minimum Gasteiger partial charge on any atom is -0.406 e. The van der Waals surface area contributed by atoms with Gasteiger partial charge in [-0.15, -0.1) is 13.2 Å². The van der Waals surface area contributed by atoms with Crippen molar-refractivity contribution in [3.63, 3.8) is 0 Å². The van der Waals surface area contributed by atoms with Crippen LogP contribution >= 0.6 is 0 Å². The quantitative estimate of drug-likeness (QED) is 0.588. The van der Waals surface area contributed by atoms with E-state index in [2.05, 4.69) is 4.74 Å². The summed E-state index contributed by atoms with van der Waals surface area (Å²) in [7, 11) is 0. The van der Waals surface area contributed by atoms with Crippen LogP contribution in [0.2, 0.25) is 0 Å². The van der Waals surface area contributed by atoms with Gasteiger partial charge in [0.05, 0.1) is 5.56 Å². The van der Waals surface area contributed by atoms with Gasteiger partial charge in [0, 0.05) is 0 Å². The zero-order valence-corrected chi connectivity index (χ0v) is 9.56. The molecule has 1 rings (SSSR count). The number of hydrogen-bond donors (Lipinski definition) is 0. The summed E-state index contributed by atoms with van der Waals surface area (Å²) in [6.45, 7) is 5.05. The number of Topliss-reactive ketones (excluding diaryl/α,β-unsaturated/α-hetero) is 1. The van der Waals surface area contributed by atoms with Gasteiger partial charge in [0.25, 0.3) is 0 Å². The highest BCUT2D eigenvalue weighted by molar-refractivity contribution is 5.94. The van der Waals surface area contributed by atoms with Crippen molar-refractivity contribution in [1.82, 2.24) is 0 Å². The molecule has 0 bridgehead atoms. The van der Waals surface area contributed by atoms with E-state index in [0.29, 0.717) is 6.07 Å². The highest BCUT2D eigenvalue weighted by atomic mass is 19.4. The van der Waals surface area contributed by atoms with Crippen LogP contribution in [0.15, 0.2) is 18.2 Å². The van der Waals surface area contributed by atoms with Crippen molar-refractivity contribution in [3.05, 3.63) is 29.6 Å². The Hall–Kier alpha value is -1.59. The van der Waals surface area contributed by atoms with Gasteiger partial charge in [-0.05, 0) is 25.1 Å². The lowest BCUT2D eigenvalue weighted by Crippen LogP contribution is -2.17. The molecule has 0 fully saturated rings. The van der Waals surface area contributed by atoms with E-state index in [4.69, 9.17) is 0 Å². The van der Waals surface area contributed by atoms with Gasteiger partial charge < -0.3 is 4.74 Å². The van der Waals surface area contributed by atoms with Gasteiger partial charge in [0.1, 0.15) is 11.6 Å².